The average molecular weight is 457 g/mol. The highest BCUT2D eigenvalue weighted by atomic mass is 35.5. The van der Waals surface area contributed by atoms with Crippen LogP contribution in [0.2, 0.25) is 5.02 Å². The Morgan fingerprint density at radius 2 is 1.78 bits per heavy atom. The van der Waals surface area contributed by atoms with Gasteiger partial charge in [-0.25, -0.2) is 4.98 Å². The molecule has 2 N–H and O–H groups in total. The number of anilines is 2. The van der Waals surface area contributed by atoms with Crippen LogP contribution in [0.25, 0.3) is 10.9 Å². The van der Waals surface area contributed by atoms with Crippen LogP contribution in [0.1, 0.15) is 30.9 Å². The largest absolute Gasteiger partial charge is 0.396 e. The number of ether oxygens (including phenoxy) is 1. The number of aliphatic hydroxyl groups is 1. The molecule has 1 aliphatic heterocycles. The number of morpholine rings is 1. The molecule has 0 saturated carbocycles. The number of aromatic nitrogens is 4. The van der Waals surface area contributed by atoms with Gasteiger partial charge in [-0.2, -0.15) is 9.97 Å². The molecule has 1 aromatic carbocycles. The molecule has 1 aliphatic rings. The fraction of sp³-hybridized carbons (Fsp3) is 0.478. The molecule has 0 aliphatic carbocycles. The number of unbranched alkanes of at least 4 members (excludes halogenated alkanes) is 1. The van der Waals surface area contributed by atoms with Gasteiger partial charge < -0.3 is 20.1 Å². The van der Waals surface area contributed by atoms with Crippen molar-refractivity contribution in [3.05, 3.63) is 47.1 Å². The maximum Gasteiger partial charge on any atom is 0.229 e. The average Bonchev–Trinajstić information content (AvgIpc) is 2.82. The highest BCUT2D eigenvalue weighted by Gasteiger charge is 2.16. The van der Waals surface area contributed by atoms with Crippen LogP contribution in [-0.4, -0.2) is 64.5 Å². The first-order chi connectivity index (χ1) is 15.7. The monoisotopic (exact) mass is 456 g/mol. The summed E-state index contributed by atoms with van der Waals surface area (Å²) >= 11 is 6.09. The van der Waals surface area contributed by atoms with E-state index in [-0.39, 0.29) is 6.61 Å². The number of pyridine rings is 1. The van der Waals surface area contributed by atoms with Crippen molar-refractivity contribution in [2.45, 2.75) is 32.1 Å². The van der Waals surface area contributed by atoms with E-state index in [9.17, 15) is 0 Å². The van der Waals surface area contributed by atoms with Crippen LogP contribution >= 0.6 is 11.6 Å². The van der Waals surface area contributed by atoms with Crippen molar-refractivity contribution in [2.24, 2.45) is 0 Å². The van der Waals surface area contributed by atoms with Gasteiger partial charge >= 0.3 is 0 Å². The summed E-state index contributed by atoms with van der Waals surface area (Å²) in [5, 5.41) is 14.3. The number of nitrogens with one attached hydrogen (secondary N) is 1. The Kier molecular flexibility index (Phi) is 8.03. The molecular weight excluding hydrogens is 428 g/mol. The number of aryl methyl sites for hydroxylation is 2. The van der Waals surface area contributed by atoms with Crippen LogP contribution in [0.5, 0.6) is 0 Å². The number of halogens is 1. The normalized spacial score (nSPS) is 14.1. The number of hydrogen-bond acceptors (Lipinski definition) is 8. The van der Waals surface area contributed by atoms with E-state index in [0.717, 1.165) is 85.9 Å². The van der Waals surface area contributed by atoms with E-state index in [2.05, 4.69) is 20.2 Å². The van der Waals surface area contributed by atoms with Crippen LogP contribution in [0.15, 0.2) is 30.5 Å². The molecule has 0 amide bonds. The maximum absolute atomic E-state index is 9.08. The van der Waals surface area contributed by atoms with Crippen molar-refractivity contribution >= 4 is 34.1 Å². The maximum atomic E-state index is 9.08. The third kappa shape index (κ3) is 6.03. The SMILES string of the molecule is OCCCCc1nc(CCCNc2ccnc3cc(Cl)ccc23)nc(N2CCOCC2)n1. The second kappa shape index (κ2) is 11.4. The molecule has 9 heteroatoms. The van der Waals surface area contributed by atoms with E-state index < -0.39 is 0 Å². The summed E-state index contributed by atoms with van der Waals surface area (Å²) < 4.78 is 5.46. The minimum Gasteiger partial charge on any atom is -0.396 e. The lowest BCUT2D eigenvalue weighted by atomic mass is 10.2. The summed E-state index contributed by atoms with van der Waals surface area (Å²) in [7, 11) is 0. The molecule has 3 heterocycles. The van der Waals surface area contributed by atoms with Crippen LogP contribution in [-0.2, 0) is 17.6 Å². The Hall–Kier alpha value is -2.55. The van der Waals surface area contributed by atoms with E-state index in [1.165, 1.54) is 0 Å². The highest BCUT2D eigenvalue weighted by Crippen LogP contribution is 2.24. The van der Waals surface area contributed by atoms with Gasteiger partial charge in [0.15, 0.2) is 0 Å². The molecule has 0 spiro atoms. The predicted octanol–water partition coefficient (Wildman–Crippen LogP) is 3.27. The third-order valence-corrected chi connectivity index (χ3v) is 5.65. The molecule has 2 aromatic heterocycles. The number of hydrogen-bond donors (Lipinski definition) is 2. The Morgan fingerprint density at radius 1 is 1.00 bits per heavy atom. The summed E-state index contributed by atoms with van der Waals surface area (Å²) in [5.41, 5.74) is 1.92. The van der Waals surface area contributed by atoms with Gasteiger partial charge in [0.2, 0.25) is 5.95 Å². The van der Waals surface area contributed by atoms with E-state index in [1.807, 2.05) is 24.3 Å². The van der Waals surface area contributed by atoms with Crippen LogP contribution in [0, 0.1) is 0 Å². The molecule has 0 unspecified atom stereocenters. The van der Waals surface area contributed by atoms with Gasteiger partial charge in [-0.1, -0.05) is 11.6 Å². The Balaban J connectivity index is 1.40. The molecule has 0 bridgehead atoms. The second-order valence-electron chi connectivity index (χ2n) is 7.80. The minimum atomic E-state index is 0.190. The Bertz CT molecular complexity index is 1030. The van der Waals surface area contributed by atoms with Crippen molar-refractivity contribution in [2.75, 3.05) is 49.7 Å². The molecule has 32 heavy (non-hydrogen) atoms. The van der Waals surface area contributed by atoms with Crippen LogP contribution in [0.4, 0.5) is 11.6 Å². The summed E-state index contributed by atoms with van der Waals surface area (Å²) in [6.45, 7) is 3.95. The van der Waals surface area contributed by atoms with Gasteiger partial charge in [-0.15, -0.1) is 0 Å². The number of benzene rings is 1. The van der Waals surface area contributed by atoms with Crippen LogP contribution in [0.3, 0.4) is 0 Å². The van der Waals surface area contributed by atoms with Crippen molar-refractivity contribution in [3.8, 4) is 0 Å². The van der Waals surface area contributed by atoms with Crippen molar-refractivity contribution < 1.29 is 9.84 Å². The summed E-state index contributed by atoms with van der Waals surface area (Å²) in [6, 6.07) is 7.73. The Labute approximate surface area is 193 Å². The summed E-state index contributed by atoms with van der Waals surface area (Å²) in [6.07, 6.45) is 5.80. The smallest absolute Gasteiger partial charge is 0.229 e. The molecule has 3 aromatic rings. The third-order valence-electron chi connectivity index (χ3n) is 5.42. The molecule has 8 nitrogen and oxygen atoms in total. The zero-order valence-corrected chi connectivity index (χ0v) is 18.9. The van der Waals surface area contributed by atoms with Gasteiger partial charge in [0.25, 0.3) is 0 Å². The predicted molar refractivity (Wildman–Crippen MR) is 126 cm³/mol. The van der Waals surface area contributed by atoms with E-state index >= 15 is 0 Å². The molecule has 1 fully saturated rings. The fourth-order valence-electron chi connectivity index (χ4n) is 3.72. The number of fused-ring (bicyclic) bond motifs is 1. The molecule has 170 valence electrons. The lowest BCUT2D eigenvalue weighted by Crippen LogP contribution is -2.37. The van der Waals surface area contributed by atoms with E-state index in [4.69, 9.17) is 31.4 Å². The highest BCUT2D eigenvalue weighted by molar-refractivity contribution is 6.31. The van der Waals surface area contributed by atoms with Gasteiger partial charge in [-0.3, -0.25) is 4.98 Å². The number of rotatable bonds is 10. The fourth-order valence-corrected chi connectivity index (χ4v) is 3.89. The van der Waals surface area contributed by atoms with Gasteiger partial charge in [0.05, 0.1) is 18.7 Å². The summed E-state index contributed by atoms with van der Waals surface area (Å²) in [4.78, 5) is 20.7. The Morgan fingerprint density at radius 3 is 2.56 bits per heavy atom. The molecule has 4 rings (SSSR count). The van der Waals surface area contributed by atoms with Crippen LogP contribution < -0.4 is 10.2 Å². The van der Waals surface area contributed by atoms with Crippen molar-refractivity contribution in [1.29, 1.82) is 0 Å². The van der Waals surface area contributed by atoms with E-state index in [0.29, 0.717) is 18.2 Å². The molecule has 0 radical (unpaired) electrons. The minimum absolute atomic E-state index is 0.190. The van der Waals surface area contributed by atoms with Gasteiger partial charge in [-0.05, 0) is 43.5 Å². The standard InChI is InChI=1S/C23H29ClN6O2/c24-17-6-7-18-19(8-10-26-20(18)16-17)25-9-3-5-22-27-21(4-1-2-13-31)28-23(29-22)30-11-14-32-15-12-30/h6-8,10,16,31H,1-5,9,11-15H2,(H,25,26). The molecule has 0 atom stereocenters. The van der Waals surface area contributed by atoms with Crippen molar-refractivity contribution in [3.63, 3.8) is 0 Å². The lowest BCUT2D eigenvalue weighted by molar-refractivity contribution is 0.122. The first-order valence-corrected chi connectivity index (χ1v) is 11.6. The summed E-state index contributed by atoms with van der Waals surface area (Å²) in [5.74, 6) is 2.35. The zero-order chi connectivity index (χ0) is 22.2. The first kappa shape index (κ1) is 22.6. The molecular formula is C23H29ClN6O2. The quantitative estimate of drug-likeness (QED) is 0.449. The lowest BCUT2D eigenvalue weighted by Gasteiger charge is -2.27. The van der Waals surface area contributed by atoms with Gasteiger partial charge in [0.1, 0.15) is 11.6 Å². The second-order valence-corrected chi connectivity index (χ2v) is 8.23. The number of nitrogens with zero attached hydrogens (tertiary/aromatic N) is 5. The van der Waals surface area contributed by atoms with Gasteiger partial charge in [0, 0.05) is 61.4 Å². The first-order valence-electron chi connectivity index (χ1n) is 11.2. The number of aliphatic hydroxyl groups excluding tert-OH is 1. The molecule has 1 saturated heterocycles. The zero-order valence-electron chi connectivity index (χ0n) is 18.1. The van der Waals surface area contributed by atoms with Crippen molar-refractivity contribution in [1.82, 2.24) is 19.9 Å². The van der Waals surface area contributed by atoms with E-state index in [1.54, 1.807) is 6.20 Å². The topological polar surface area (TPSA) is 96.3 Å².